The van der Waals surface area contributed by atoms with Crippen LogP contribution in [0.2, 0.25) is 0 Å². The molecule has 29 heavy (non-hydrogen) atoms. The molecule has 0 radical (unpaired) electrons. The van der Waals surface area contributed by atoms with Crippen molar-refractivity contribution in [2.24, 2.45) is 11.0 Å². The fourth-order valence-electron chi connectivity index (χ4n) is 2.61. The van der Waals surface area contributed by atoms with E-state index in [4.69, 9.17) is 4.74 Å². The molecule has 0 aromatic heterocycles. The van der Waals surface area contributed by atoms with Crippen LogP contribution in [0.5, 0.6) is 11.5 Å². The van der Waals surface area contributed by atoms with Crippen molar-refractivity contribution >= 4 is 18.0 Å². The summed E-state index contributed by atoms with van der Waals surface area (Å²) in [6.45, 7) is 5.66. The number of benzene rings is 2. The fraction of sp³-hybridized carbons (Fsp3) is 0.318. The Labute approximate surface area is 170 Å². The van der Waals surface area contributed by atoms with Crippen molar-refractivity contribution in [3.05, 3.63) is 59.7 Å². The van der Waals surface area contributed by atoms with Crippen LogP contribution in [-0.4, -0.2) is 35.8 Å². The Morgan fingerprint density at radius 1 is 1.14 bits per heavy atom. The van der Waals surface area contributed by atoms with E-state index < -0.39 is 11.9 Å². The molecule has 2 aromatic rings. The van der Waals surface area contributed by atoms with Gasteiger partial charge in [-0.05, 0) is 60.7 Å². The number of para-hydroxylation sites is 1. The third-order valence-corrected chi connectivity index (χ3v) is 4.09. The SMILES string of the molecule is Cc1ccccc1OCC(=O)N[C@H](CC(C)C)C(=O)N/N=C\c1ccc(O)cc1. The zero-order chi connectivity index (χ0) is 21.2. The molecule has 0 heterocycles. The molecule has 0 aliphatic heterocycles. The number of hydrogen-bond donors (Lipinski definition) is 3. The lowest BCUT2D eigenvalue weighted by atomic mass is 10.0. The molecule has 0 bridgehead atoms. The quantitative estimate of drug-likeness (QED) is 0.447. The van der Waals surface area contributed by atoms with Gasteiger partial charge in [-0.1, -0.05) is 32.0 Å². The van der Waals surface area contributed by atoms with Gasteiger partial charge in [0.2, 0.25) is 0 Å². The van der Waals surface area contributed by atoms with E-state index in [1.165, 1.54) is 18.3 Å². The zero-order valence-electron chi connectivity index (χ0n) is 16.9. The van der Waals surface area contributed by atoms with E-state index >= 15 is 0 Å². The monoisotopic (exact) mass is 397 g/mol. The Hall–Kier alpha value is -3.35. The summed E-state index contributed by atoms with van der Waals surface area (Å²) >= 11 is 0. The lowest BCUT2D eigenvalue weighted by Crippen LogP contribution is -2.47. The van der Waals surface area contributed by atoms with Crippen molar-refractivity contribution in [1.29, 1.82) is 0 Å². The largest absolute Gasteiger partial charge is 0.508 e. The van der Waals surface area contributed by atoms with Crippen LogP contribution >= 0.6 is 0 Å². The Bertz CT molecular complexity index is 847. The van der Waals surface area contributed by atoms with E-state index in [9.17, 15) is 14.7 Å². The second kappa shape index (κ2) is 10.8. The Morgan fingerprint density at radius 3 is 2.48 bits per heavy atom. The van der Waals surface area contributed by atoms with Crippen molar-refractivity contribution < 1.29 is 19.4 Å². The summed E-state index contributed by atoms with van der Waals surface area (Å²) in [5.41, 5.74) is 4.10. The Morgan fingerprint density at radius 2 is 1.83 bits per heavy atom. The lowest BCUT2D eigenvalue weighted by molar-refractivity contribution is -0.130. The molecule has 154 valence electrons. The molecule has 0 saturated heterocycles. The summed E-state index contributed by atoms with van der Waals surface area (Å²) in [5, 5.41) is 15.9. The van der Waals surface area contributed by atoms with Crippen LogP contribution in [0.15, 0.2) is 53.6 Å². The number of aryl methyl sites for hydroxylation is 1. The van der Waals surface area contributed by atoms with Gasteiger partial charge in [0, 0.05) is 0 Å². The van der Waals surface area contributed by atoms with Gasteiger partial charge in [0.15, 0.2) is 6.61 Å². The third kappa shape index (κ3) is 7.65. The molecule has 0 saturated carbocycles. The van der Waals surface area contributed by atoms with Crippen LogP contribution in [0.25, 0.3) is 0 Å². The number of ether oxygens (including phenoxy) is 1. The first-order valence-corrected chi connectivity index (χ1v) is 9.45. The number of amides is 2. The Kier molecular flexibility index (Phi) is 8.21. The standard InChI is InChI=1S/C22H27N3O4/c1-15(2)12-19(22(28)25-23-13-17-8-10-18(26)11-9-17)24-21(27)14-29-20-7-5-4-6-16(20)3/h4-11,13,15,19,26H,12,14H2,1-3H3,(H,24,27)(H,25,28)/b23-13-/t19-/m1/s1. The number of phenols is 1. The van der Waals surface area contributed by atoms with Crippen LogP contribution in [-0.2, 0) is 9.59 Å². The van der Waals surface area contributed by atoms with E-state index in [1.54, 1.807) is 18.2 Å². The van der Waals surface area contributed by atoms with Gasteiger partial charge >= 0.3 is 0 Å². The summed E-state index contributed by atoms with van der Waals surface area (Å²) in [4.78, 5) is 24.7. The van der Waals surface area contributed by atoms with Crippen molar-refractivity contribution in [2.45, 2.75) is 33.2 Å². The van der Waals surface area contributed by atoms with Gasteiger partial charge < -0.3 is 15.2 Å². The lowest BCUT2D eigenvalue weighted by Gasteiger charge is -2.19. The van der Waals surface area contributed by atoms with Crippen LogP contribution in [0, 0.1) is 12.8 Å². The molecule has 7 heteroatoms. The van der Waals surface area contributed by atoms with E-state index in [0.717, 1.165) is 11.1 Å². The van der Waals surface area contributed by atoms with Gasteiger partial charge in [-0.3, -0.25) is 9.59 Å². The topological polar surface area (TPSA) is 100 Å². The van der Waals surface area contributed by atoms with Gasteiger partial charge in [0.25, 0.3) is 11.8 Å². The summed E-state index contributed by atoms with van der Waals surface area (Å²) in [6, 6.07) is 13.1. The van der Waals surface area contributed by atoms with Gasteiger partial charge in [-0.25, -0.2) is 5.43 Å². The van der Waals surface area contributed by atoms with E-state index in [1.807, 2.05) is 39.0 Å². The first-order chi connectivity index (χ1) is 13.8. The minimum atomic E-state index is -0.722. The average Bonchev–Trinajstić information content (AvgIpc) is 2.68. The van der Waals surface area contributed by atoms with Crippen LogP contribution < -0.4 is 15.5 Å². The maximum atomic E-state index is 12.5. The maximum Gasteiger partial charge on any atom is 0.262 e. The van der Waals surface area contributed by atoms with Crippen molar-refractivity contribution in [1.82, 2.24) is 10.7 Å². The molecule has 0 aliphatic rings. The number of nitrogens with one attached hydrogen (secondary N) is 2. The Balaban J connectivity index is 1.91. The molecule has 2 rings (SSSR count). The summed E-state index contributed by atoms with van der Waals surface area (Å²) < 4.78 is 5.54. The minimum Gasteiger partial charge on any atom is -0.508 e. The summed E-state index contributed by atoms with van der Waals surface area (Å²) in [5.74, 6) is 0.198. The average molecular weight is 397 g/mol. The van der Waals surface area contributed by atoms with Crippen molar-refractivity contribution in [3.63, 3.8) is 0 Å². The first kappa shape index (κ1) is 21.9. The third-order valence-electron chi connectivity index (χ3n) is 4.09. The van der Waals surface area contributed by atoms with Crippen molar-refractivity contribution in [3.8, 4) is 11.5 Å². The number of nitrogens with zero attached hydrogens (tertiary/aromatic N) is 1. The van der Waals surface area contributed by atoms with Gasteiger partial charge in [0.1, 0.15) is 17.5 Å². The number of aromatic hydroxyl groups is 1. The van der Waals surface area contributed by atoms with E-state index in [0.29, 0.717) is 12.2 Å². The number of phenolic OH excluding ortho intramolecular Hbond substituents is 1. The van der Waals surface area contributed by atoms with E-state index in [2.05, 4.69) is 15.8 Å². The predicted molar refractivity (Wildman–Crippen MR) is 112 cm³/mol. The van der Waals surface area contributed by atoms with Gasteiger partial charge in [-0.15, -0.1) is 0 Å². The van der Waals surface area contributed by atoms with E-state index in [-0.39, 0.29) is 24.2 Å². The minimum absolute atomic E-state index is 0.152. The first-order valence-electron chi connectivity index (χ1n) is 9.45. The molecule has 2 aromatic carbocycles. The molecule has 0 aliphatic carbocycles. The second-order valence-corrected chi connectivity index (χ2v) is 7.13. The smallest absolute Gasteiger partial charge is 0.262 e. The van der Waals surface area contributed by atoms with Gasteiger partial charge in [0.05, 0.1) is 6.21 Å². The molecule has 7 nitrogen and oxygen atoms in total. The number of carbonyl (C=O) groups excluding carboxylic acids is 2. The highest BCUT2D eigenvalue weighted by molar-refractivity contribution is 5.89. The van der Waals surface area contributed by atoms with Crippen LogP contribution in [0.1, 0.15) is 31.4 Å². The number of hydrogen-bond acceptors (Lipinski definition) is 5. The molecule has 3 N–H and O–H groups in total. The fourth-order valence-corrected chi connectivity index (χ4v) is 2.61. The van der Waals surface area contributed by atoms with Crippen LogP contribution in [0.4, 0.5) is 0 Å². The van der Waals surface area contributed by atoms with Gasteiger partial charge in [-0.2, -0.15) is 5.10 Å². The highest BCUT2D eigenvalue weighted by Crippen LogP contribution is 2.16. The zero-order valence-corrected chi connectivity index (χ0v) is 16.9. The normalized spacial score (nSPS) is 12.0. The molecule has 0 unspecified atom stereocenters. The molecule has 2 amide bonds. The summed E-state index contributed by atoms with van der Waals surface area (Å²) in [7, 11) is 0. The second-order valence-electron chi connectivity index (χ2n) is 7.13. The highest BCUT2D eigenvalue weighted by atomic mass is 16.5. The molecular formula is C22H27N3O4. The van der Waals surface area contributed by atoms with Crippen LogP contribution in [0.3, 0.4) is 0 Å². The molecular weight excluding hydrogens is 370 g/mol. The molecule has 0 spiro atoms. The number of rotatable bonds is 9. The maximum absolute atomic E-state index is 12.5. The number of hydrazone groups is 1. The summed E-state index contributed by atoms with van der Waals surface area (Å²) in [6.07, 6.45) is 1.93. The highest BCUT2D eigenvalue weighted by Gasteiger charge is 2.22. The molecule has 1 atom stereocenters. The number of carbonyl (C=O) groups is 2. The van der Waals surface area contributed by atoms with Crippen molar-refractivity contribution in [2.75, 3.05) is 6.61 Å². The predicted octanol–water partition coefficient (Wildman–Crippen LogP) is 2.76. The molecule has 0 fully saturated rings.